The minimum absolute atomic E-state index is 0.0351. The van der Waals surface area contributed by atoms with Gasteiger partial charge in [0.1, 0.15) is 17.9 Å². The number of nitrogens with zero attached hydrogens (tertiary/aromatic N) is 1. The molecule has 4 heteroatoms. The monoisotopic (exact) mass is 235 g/mol. The van der Waals surface area contributed by atoms with Crippen molar-refractivity contribution in [2.24, 2.45) is 4.99 Å². The third-order valence-corrected chi connectivity index (χ3v) is 2.95. The fourth-order valence-corrected chi connectivity index (χ4v) is 2.09. The molecular weight excluding hydrogens is 224 g/mol. The highest BCUT2D eigenvalue weighted by molar-refractivity contribution is 5.67. The topological polar surface area (TPSA) is 29.4 Å². The number of aldehydes is 1. The molecule has 0 spiro atoms. The molecule has 2 rings (SSSR count). The maximum absolute atomic E-state index is 13.8. The van der Waals surface area contributed by atoms with Crippen molar-refractivity contribution in [1.29, 1.82) is 0 Å². The van der Waals surface area contributed by atoms with Crippen molar-refractivity contribution >= 4 is 12.5 Å². The predicted molar refractivity (Wildman–Crippen MR) is 61.0 cm³/mol. The van der Waals surface area contributed by atoms with Gasteiger partial charge in [-0.05, 0) is 18.6 Å². The van der Waals surface area contributed by atoms with Crippen molar-refractivity contribution in [3.05, 3.63) is 47.7 Å². The van der Waals surface area contributed by atoms with Crippen molar-refractivity contribution in [3.8, 4) is 0 Å². The molecule has 0 fully saturated rings. The Kier molecular flexibility index (Phi) is 3.13. The van der Waals surface area contributed by atoms with Gasteiger partial charge in [-0.3, -0.25) is 4.99 Å². The molecule has 1 aliphatic rings. The normalized spacial score (nSPS) is 22.7. The van der Waals surface area contributed by atoms with Gasteiger partial charge in [-0.2, -0.15) is 0 Å². The Balaban J connectivity index is 2.57. The third-order valence-electron chi connectivity index (χ3n) is 2.95. The van der Waals surface area contributed by atoms with Gasteiger partial charge in [0.2, 0.25) is 0 Å². The molecule has 0 saturated heterocycles. The molecule has 0 amide bonds. The number of carbonyl (C=O) groups is 1. The van der Waals surface area contributed by atoms with Crippen LogP contribution in [-0.2, 0) is 10.2 Å². The lowest BCUT2D eigenvalue weighted by Gasteiger charge is -2.30. The maximum atomic E-state index is 13.8. The van der Waals surface area contributed by atoms with Gasteiger partial charge in [0.15, 0.2) is 0 Å². The van der Waals surface area contributed by atoms with Crippen LogP contribution in [0.3, 0.4) is 0 Å². The van der Waals surface area contributed by atoms with Gasteiger partial charge in [-0.1, -0.05) is 12.1 Å². The number of hydrogen-bond acceptors (Lipinski definition) is 2. The Morgan fingerprint density at radius 1 is 1.35 bits per heavy atom. The second-order valence-electron chi connectivity index (χ2n) is 3.98. The van der Waals surface area contributed by atoms with Gasteiger partial charge in [0, 0.05) is 29.8 Å². The van der Waals surface area contributed by atoms with Gasteiger partial charge in [-0.25, -0.2) is 8.78 Å². The lowest BCUT2D eigenvalue weighted by atomic mass is 9.74. The first kappa shape index (κ1) is 11.6. The smallest absolute Gasteiger partial charge is 0.130 e. The zero-order valence-corrected chi connectivity index (χ0v) is 9.07. The molecule has 1 aromatic rings. The summed E-state index contributed by atoms with van der Waals surface area (Å²) in [5, 5.41) is 0. The Hall–Kier alpha value is -1.84. The van der Waals surface area contributed by atoms with Crippen molar-refractivity contribution < 1.29 is 13.6 Å². The number of hydrogen-bond donors (Lipinski definition) is 0. The van der Waals surface area contributed by atoms with Gasteiger partial charge < -0.3 is 4.79 Å². The van der Waals surface area contributed by atoms with E-state index in [0.717, 1.165) is 0 Å². The molecule has 0 radical (unpaired) electrons. The van der Waals surface area contributed by atoms with Crippen LogP contribution in [0.25, 0.3) is 0 Å². The summed E-state index contributed by atoms with van der Waals surface area (Å²) in [5.41, 5.74) is -1.01. The fourth-order valence-electron chi connectivity index (χ4n) is 2.09. The van der Waals surface area contributed by atoms with Crippen LogP contribution in [0, 0.1) is 11.6 Å². The second kappa shape index (κ2) is 4.57. The Morgan fingerprint density at radius 3 is 2.59 bits per heavy atom. The number of allylic oxidation sites excluding steroid dienone is 1. The van der Waals surface area contributed by atoms with Gasteiger partial charge in [-0.15, -0.1) is 0 Å². The molecular formula is C13H11F2NO. The van der Waals surface area contributed by atoms with E-state index in [1.54, 1.807) is 12.3 Å². The van der Waals surface area contributed by atoms with Gasteiger partial charge in [0.05, 0.1) is 0 Å². The highest BCUT2D eigenvalue weighted by atomic mass is 19.1. The van der Waals surface area contributed by atoms with Crippen LogP contribution in [0.4, 0.5) is 8.78 Å². The van der Waals surface area contributed by atoms with E-state index in [2.05, 4.69) is 4.99 Å². The summed E-state index contributed by atoms with van der Waals surface area (Å²) in [6.45, 7) is 0. The van der Waals surface area contributed by atoms with Crippen LogP contribution in [0.5, 0.6) is 0 Å². The van der Waals surface area contributed by atoms with E-state index in [4.69, 9.17) is 0 Å². The zero-order chi connectivity index (χ0) is 12.3. The van der Waals surface area contributed by atoms with Crippen LogP contribution < -0.4 is 0 Å². The van der Waals surface area contributed by atoms with E-state index in [1.165, 1.54) is 24.4 Å². The Morgan fingerprint density at radius 2 is 2.06 bits per heavy atom. The summed E-state index contributed by atoms with van der Waals surface area (Å²) in [4.78, 5) is 14.6. The lowest BCUT2D eigenvalue weighted by molar-refractivity contribution is -0.108. The molecule has 1 aliphatic heterocycles. The van der Waals surface area contributed by atoms with Crippen molar-refractivity contribution in [1.82, 2.24) is 0 Å². The summed E-state index contributed by atoms with van der Waals surface area (Å²) >= 11 is 0. The number of rotatable bonds is 3. The van der Waals surface area contributed by atoms with Crippen LogP contribution in [0.1, 0.15) is 18.4 Å². The van der Waals surface area contributed by atoms with Crippen molar-refractivity contribution in [2.75, 3.05) is 0 Å². The van der Waals surface area contributed by atoms with Crippen LogP contribution in [-0.4, -0.2) is 12.5 Å². The number of aliphatic imine (C=N–C) groups is 1. The summed E-state index contributed by atoms with van der Waals surface area (Å²) in [6.07, 6.45) is 5.65. The molecule has 1 aromatic carbocycles. The van der Waals surface area contributed by atoms with E-state index in [-0.39, 0.29) is 12.0 Å². The molecule has 0 aliphatic carbocycles. The minimum atomic E-state index is -0.946. The average Bonchev–Trinajstić information content (AvgIpc) is 2.30. The third kappa shape index (κ3) is 2.02. The molecule has 0 bridgehead atoms. The lowest BCUT2D eigenvalue weighted by Crippen LogP contribution is -2.29. The summed E-state index contributed by atoms with van der Waals surface area (Å²) < 4.78 is 27.5. The zero-order valence-electron chi connectivity index (χ0n) is 9.07. The predicted octanol–water partition coefficient (Wildman–Crippen LogP) is 2.78. The van der Waals surface area contributed by atoms with E-state index < -0.39 is 17.0 Å². The SMILES string of the molecule is O=CCC1(c2c(F)cccc2F)C=CN=CC1. The first-order valence-corrected chi connectivity index (χ1v) is 5.27. The van der Waals surface area contributed by atoms with Crippen LogP contribution in [0.15, 0.2) is 35.5 Å². The average molecular weight is 235 g/mol. The molecule has 0 aromatic heterocycles. The Labute approximate surface area is 97.7 Å². The molecule has 0 N–H and O–H groups in total. The van der Waals surface area contributed by atoms with E-state index in [1.807, 2.05) is 0 Å². The quantitative estimate of drug-likeness (QED) is 0.741. The largest absolute Gasteiger partial charge is 0.303 e. The Bertz CT molecular complexity index is 472. The number of carbonyl (C=O) groups excluding carboxylic acids is 1. The summed E-state index contributed by atoms with van der Waals surface area (Å²) in [6, 6.07) is 3.71. The van der Waals surface area contributed by atoms with E-state index in [0.29, 0.717) is 12.7 Å². The van der Waals surface area contributed by atoms with Gasteiger partial charge in [0.25, 0.3) is 0 Å². The molecule has 1 unspecified atom stereocenters. The molecule has 0 saturated carbocycles. The first-order valence-electron chi connectivity index (χ1n) is 5.27. The van der Waals surface area contributed by atoms with Crippen LogP contribution in [0.2, 0.25) is 0 Å². The summed E-state index contributed by atoms with van der Waals surface area (Å²) in [7, 11) is 0. The molecule has 88 valence electrons. The standard InChI is InChI=1S/C13H11F2NO/c14-10-2-1-3-11(15)12(10)13(6-9-17)4-7-16-8-5-13/h1-4,7-9H,5-6H2. The van der Waals surface area contributed by atoms with Crippen molar-refractivity contribution in [3.63, 3.8) is 0 Å². The number of benzene rings is 1. The molecule has 2 nitrogen and oxygen atoms in total. The highest BCUT2D eigenvalue weighted by Crippen LogP contribution is 2.37. The maximum Gasteiger partial charge on any atom is 0.130 e. The minimum Gasteiger partial charge on any atom is -0.303 e. The molecule has 1 heterocycles. The van der Waals surface area contributed by atoms with Crippen molar-refractivity contribution in [2.45, 2.75) is 18.3 Å². The second-order valence-corrected chi connectivity index (χ2v) is 3.98. The van der Waals surface area contributed by atoms with Crippen LogP contribution >= 0.6 is 0 Å². The van der Waals surface area contributed by atoms with E-state index in [9.17, 15) is 13.6 Å². The fraction of sp³-hybridized carbons (Fsp3) is 0.231. The highest BCUT2D eigenvalue weighted by Gasteiger charge is 2.34. The summed E-state index contributed by atoms with van der Waals surface area (Å²) in [5.74, 6) is -1.27. The van der Waals surface area contributed by atoms with E-state index >= 15 is 0 Å². The molecule has 1 atom stereocenters. The van der Waals surface area contributed by atoms with Gasteiger partial charge >= 0.3 is 0 Å². The number of halogens is 2. The molecule has 17 heavy (non-hydrogen) atoms. The first-order chi connectivity index (χ1) is 8.19.